The first-order valence-corrected chi connectivity index (χ1v) is 8.76. The van der Waals surface area contributed by atoms with Crippen molar-refractivity contribution in [3.05, 3.63) is 29.3 Å². The first-order chi connectivity index (χ1) is 10.3. The molecule has 122 valence electrons. The predicted molar refractivity (Wildman–Crippen MR) is 83.3 cm³/mol. The number of sulfonamides is 1. The van der Waals surface area contributed by atoms with Crippen molar-refractivity contribution in [1.82, 2.24) is 10.0 Å². The minimum atomic E-state index is -3.59. The van der Waals surface area contributed by atoms with Crippen LogP contribution in [0.2, 0.25) is 0 Å². The number of benzene rings is 1. The number of aryl methyl sites for hydroxylation is 1. The van der Waals surface area contributed by atoms with Gasteiger partial charge in [-0.2, -0.15) is 0 Å². The number of carbonyl (C=O) groups is 1. The number of nitrogens with one attached hydrogen (secondary N) is 2. The molecule has 0 aliphatic carbocycles. The van der Waals surface area contributed by atoms with Gasteiger partial charge < -0.3 is 10.1 Å². The van der Waals surface area contributed by atoms with Gasteiger partial charge in [-0.05, 0) is 57.0 Å². The molecule has 0 aromatic heterocycles. The van der Waals surface area contributed by atoms with E-state index in [0.29, 0.717) is 17.2 Å². The van der Waals surface area contributed by atoms with Gasteiger partial charge in [0.2, 0.25) is 10.0 Å². The monoisotopic (exact) mass is 326 g/mol. The Bertz CT molecular complexity index is 658. The first kappa shape index (κ1) is 16.9. The molecule has 6 nitrogen and oxygen atoms in total. The number of hydrogen-bond donors (Lipinski definition) is 2. The Morgan fingerprint density at radius 2 is 2.14 bits per heavy atom. The zero-order valence-corrected chi connectivity index (χ0v) is 13.9. The Hall–Kier alpha value is -1.44. The Kier molecular flexibility index (Phi) is 5.20. The fourth-order valence-electron chi connectivity index (χ4n) is 2.72. The van der Waals surface area contributed by atoms with Gasteiger partial charge in [-0.15, -0.1) is 0 Å². The second-order valence-electron chi connectivity index (χ2n) is 5.67. The number of esters is 1. The lowest BCUT2D eigenvalue weighted by Gasteiger charge is -2.28. The molecular weight excluding hydrogens is 304 g/mol. The minimum absolute atomic E-state index is 0.0686. The van der Waals surface area contributed by atoms with Crippen LogP contribution in [0.5, 0.6) is 0 Å². The van der Waals surface area contributed by atoms with E-state index in [1.165, 1.54) is 25.3 Å². The van der Waals surface area contributed by atoms with Crippen LogP contribution >= 0.6 is 0 Å². The van der Waals surface area contributed by atoms with E-state index in [9.17, 15) is 13.2 Å². The fraction of sp³-hybridized carbons (Fsp3) is 0.533. The molecule has 22 heavy (non-hydrogen) atoms. The van der Waals surface area contributed by atoms with E-state index in [1.54, 1.807) is 6.92 Å². The lowest BCUT2D eigenvalue weighted by molar-refractivity contribution is 0.0600. The SMILES string of the molecule is COC(=O)c1ccc(S(=O)(=O)NC2CCNC(C)C2)c(C)c1. The van der Waals surface area contributed by atoms with Gasteiger partial charge in [0.25, 0.3) is 0 Å². The van der Waals surface area contributed by atoms with E-state index in [-0.39, 0.29) is 10.9 Å². The maximum atomic E-state index is 12.5. The maximum Gasteiger partial charge on any atom is 0.337 e. The fourth-order valence-corrected chi connectivity index (χ4v) is 4.23. The summed E-state index contributed by atoms with van der Waals surface area (Å²) in [5.41, 5.74) is 0.867. The highest BCUT2D eigenvalue weighted by atomic mass is 32.2. The number of carbonyl (C=O) groups excluding carboxylic acids is 1. The Morgan fingerprint density at radius 1 is 1.41 bits per heavy atom. The molecule has 1 fully saturated rings. The third-order valence-corrected chi connectivity index (χ3v) is 5.51. The molecule has 1 aromatic rings. The highest BCUT2D eigenvalue weighted by Crippen LogP contribution is 2.19. The van der Waals surface area contributed by atoms with Crippen LogP contribution in [0.25, 0.3) is 0 Å². The Balaban J connectivity index is 2.20. The van der Waals surface area contributed by atoms with Crippen molar-refractivity contribution in [3.8, 4) is 0 Å². The molecule has 2 unspecified atom stereocenters. The van der Waals surface area contributed by atoms with E-state index in [1.807, 2.05) is 6.92 Å². The van der Waals surface area contributed by atoms with Crippen LogP contribution in [0.3, 0.4) is 0 Å². The predicted octanol–water partition coefficient (Wildman–Crippen LogP) is 1.20. The van der Waals surface area contributed by atoms with Crippen molar-refractivity contribution in [3.63, 3.8) is 0 Å². The number of methoxy groups -OCH3 is 1. The van der Waals surface area contributed by atoms with Crippen molar-refractivity contribution in [1.29, 1.82) is 0 Å². The summed E-state index contributed by atoms with van der Waals surface area (Å²) in [7, 11) is -2.30. The summed E-state index contributed by atoms with van der Waals surface area (Å²) in [4.78, 5) is 11.7. The molecule has 2 N–H and O–H groups in total. The second kappa shape index (κ2) is 6.76. The van der Waals surface area contributed by atoms with Gasteiger partial charge in [-0.1, -0.05) is 0 Å². The summed E-state index contributed by atoms with van der Waals surface area (Å²) in [6.45, 7) is 4.51. The number of piperidine rings is 1. The van der Waals surface area contributed by atoms with E-state index in [4.69, 9.17) is 0 Å². The van der Waals surface area contributed by atoms with Gasteiger partial charge in [-0.25, -0.2) is 17.9 Å². The zero-order valence-electron chi connectivity index (χ0n) is 13.0. The normalized spacial score (nSPS) is 22.3. The number of hydrogen-bond acceptors (Lipinski definition) is 5. The molecule has 1 aromatic carbocycles. The van der Waals surface area contributed by atoms with Crippen molar-refractivity contribution in [2.24, 2.45) is 0 Å². The van der Waals surface area contributed by atoms with Crippen LogP contribution in [-0.4, -0.2) is 40.1 Å². The molecule has 0 bridgehead atoms. The molecule has 0 spiro atoms. The Labute approximate surface area is 131 Å². The number of ether oxygens (including phenoxy) is 1. The molecule has 1 saturated heterocycles. The number of rotatable bonds is 4. The molecule has 0 amide bonds. The summed E-state index contributed by atoms with van der Waals surface area (Å²) in [5, 5.41) is 3.29. The largest absolute Gasteiger partial charge is 0.465 e. The lowest BCUT2D eigenvalue weighted by atomic mass is 10.0. The summed E-state index contributed by atoms with van der Waals surface area (Å²) >= 11 is 0. The van der Waals surface area contributed by atoms with Crippen LogP contribution in [0.15, 0.2) is 23.1 Å². The molecule has 2 atom stereocenters. The third kappa shape index (κ3) is 3.85. The van der Waals surface area contributed by atoms with Crippen molar-refractivity contribution < 1.29 is 17.9 Å². The van der Waals surface area contributed by atoms with Gasteiger partial charge in [0.1, 0.15) is 0 Å². The van der Waals surface area contributed by atoms with Gasteiger partial charge in [0, 0.05) is 12.1 Å². The van der Waals surface area contributed by atoms with E-state index >= 15 is 0 Å². The van der Waals surface area contributed by atoms with Crippen LogP contribution < -0.4 is 10.0 Å². The average Bonchev–Trinajstić information content (AvgIpc) is 2.45. The summed E-state index contributed by atoms with van der Waals surface area (Å²) in [5.74, 6) is -0.479. The maximum absolute atomic E-state index is 12.5. The van der Waals surface area contributed by atoms with Crippen molar-refractivity contribution in [2.45, 2.75) is 43.7 Å². The topological polar surface area (TPSA) is 84.5 Å². The van der Waals surface area contributed by atoms with E-state index < -0.39 is 16.0 Å². The molecule has 0 saturated carbocycles. The first-order valence-electron chi connectivity index (χ1n) is 7.28. The molecular formula is C15H22N2O4S. The second-order valence-corrected chi connectivity index (χ2v) is 7.35. The van der Waals surface area contributed by atoms with E-state index in [2.05, 4.69) is 14.8 Å². The standard InChI is InChI=1S/C15H22N2O4S/c1-10-8-12(15(18)21-3)4-5-14(10)22(19,20)17-13-6-7-16-11(2)9-13/h4-5,8,11,13,16-17H,6-7,9H2,1-3H3. The van der Waals surface area contributed by atoms with Gasteiger partial charge >= 0.3 is 5.97 Å². The molecule has 2 rings (SSSR count). The smallest absolute Gasteiger partial charge is 0.337 e. The van der Waals surface area contributed by atoms with Crippen LogP contribution in [0, 0.1) is 6.92 Å². The van der Waals surface area contributed by atoms with E-state index in [0.717, 1.165) is 19.4 Å². The highest BCUT2D eigenvalue weighted by molar-refractivity contribution is 7.89. The van der Waals surface area contributed by atoms with Crippen LogP contribution in [-0.2, 0) is 14.8 Å². The summed E-state index contributed by atoms with van der Waals surface area (Å²) < 4.78 is 32.5. The molecule has 1 aliphatic heterocycles. The van der Waals surface area contributed by atoms with Crippen molar-refractivity contribution in [2.75, 3.05) is 13.7 Å². The molecule has 1 aliphatic rings. The summed E-state index contributed by atoms with van der Waals surface area (Å²) in [6.07, 6.45) is 1.53. The zero-order chi connectivity index (χ0) is 16.3. The lowest BCUT2D eigenvalue weighted by Crippen LogP contribution is -2.46. The van der Waals surface area contributed by atoms with Crippen LogP contribution in [0.4, 0.5) is 0 Å². The summed E-state index contributed by atoms with van der Waals surface area (Å²) in [6, 6.07) is 4.68. The molecule has 7 heteroatoms. The average molecular weight is 326 g/mol. The highest BCUT2D eigenvalue weighted by Gasteiger charge is 2.25. The molecule has 0 radical (unpaired) electrons. The Morgan fingerprint density at radius 3 is 2.73 bits per heavy atom. The van der Waals surface area contributed by atoms with Gasteiger partial charge in [0.15, 0.2) is 0 Å². The third-order valence-electron chi connectivity index (χ3n) is 3.83. The van der Waals surface area contributed by atoms with Gasteiger partial charge in [0.05, 0.1) is 17.6 Å². The molecule has 1 heterocycles. The van der Waals surface area contributed by atoms with Crippen LogP contribution in [0.1, 0.15) is 35.7 Å². The minimum Gasteiger partial charge on any atom is -0.465 e. The van der Waals surface area contributed by atoms with Gasteiger partial charge in [-0.3, -0.25) is 0 Å². The quantitative estimate of drug-likeness (QED) is 0.812. The van der Waals surface area contributed by atoms with Crippen molar-refractivity contribution >= 4 is 16.0 Å².